The van der Waals surface area contributed by atoms with E-state index in [1.165, 1.54) is 0 Å². The summed E-state index contributed by atoms with van der Waals surface area (Å²) in [7, 11) is 0. The molecular weight excluding hydrogens is 326 g/mol. The van der Waals surface area contributed by atoms with Crippen molar-refractivity contribution >= 4 is 23.4 Å². The highest BCUT2D eigenvalue weighted by Gasteiger charge is 2.62. The molecule has 3 nitrogen and oxygen atoms in total. The normalized spacial score (nSPS) is 21.4. The van der Waals surface area contributed by atoms with E-state index in [0.717, 1.165) is 12.1 Å². The van der Waals surface area contributed by atoms with Crippen LogP contribution in [0.25, 0.3) is 0 Å². The Morgan fingerprint density at radius 3 is 2.55 bits per heavy atom. The number of amides is 1. The van der Waals surface area contributed by atoms with Crippen molar-refractivity contribution in [3.05, 3.63) is 28.5 Å². The fourth-order valence-electron chi connectivity index (χ4n) is 2.39. The molecule has 0 radical (unpaired) electrons. The van der Waals surface area contributed by atoms with Gasteiger partial charge < -0.3 is 4.74 Å². The molecule has 1 N–H and O–H groups in total. The highest BCUT2D eigenvalue weighted by atomic mass is 35.5. The van der Waals surface area contributed by atoms with Gasteiger partial charge in [-0.2, -0.15) is 13.2 Å². The van der Waals surface area contributed by atoms with Crippen molar-refractivity contribution in [3.63, 3.8) is 0 Å². The van der Waals surface area contributed by atoms with Crippen molar-refractivity contribution in [3.8, 4) is 0 Å². The minimum Gasteiger partial charge on any atom is -0.428 e. The Hall–Kier alpha value is -1.50. The van der Waals surface area contributed by atoms with Gasteiger partial charge in [0.1, 0.15) is 5.82 Å². The summed E-state index contributed by atoms with van der Waals surface area (Å²) >= 11 is 5.68. The number of anilines is 1. The van der Waals surface area contributed by atoms with Gasteiger partial charge in [-0.25, -0.2) is 9.18 Å². The van der Waals surface area contributed by atoms with Gasteiger partial charge in [-0.15, -0.1) is 0 Å². The Kier molecular flexibility index (Phi) is 4.30. The molecular formula is C14H14ClF4NO2. The highest BCUT2D eigenvalue weighted by molar-refractivity contribution is 6.30. The van der Waals surface area contributed by atoms with Crippen LogP contribution in [0.3, 0.4) is 0 Å². The standard InChI is InChI=1S/C14H14ClF4NO2/c1-7(2)3-4-13(14(17,18)19)9-5-8(15)6-10(16)11(9)20-12(21)22-13/h5-7H,3-4H2,1-2H3,(H,20,21). The maximum atomic E-state index is 13.9. The minimum atomic E-state index is -4.90. The van der Waals surface area contributed by atoms with Crippen LogP contribution in [0.15, 0.2) is 12.1 Å². The number of halogens is 5. The molecule has 8 heteroatoms. The zero-order chi connectivity index (χ0) is 16.7. The van der Waals surface area contributed by atoms with Gasteiger partial charge in [0.05, 0.1) is 5.69 Å². The SMILES string of the molecule is CC(C)CCC1(C(F)(F)F)OC(=O)Nc2c(F)cc(Cl)cc21. The Morgan fingerprint density at radius 1 is 1.36 bits per heavy atom. The molecule has 1 amide bonds. The molecule has 0 saturated carbocycles. The van der Waals surface area contributed by atoms with E-state index in [4.69, 9.17) is 11.6 Å². The van der Waals surface area contributed by atoms with Crippen LogP contribution in [0.1, 0.15) is 32.3 Å². The second kappa shape index (κ2) is 5.61. The minimum absolute atomic E-state index is 0.0553. The summed E-state index contributed by atoms with van der Waals surface area (Å²) in [6, 6.07) is 1.82. The quantitative estimate of drug-likeness (QED) is 0.765. The molecule has 1 aliphatic heterocycles. The van der Waals surface area contributed by atoms with Crippen LogP contribution in [0, 0.1) is 11.7 Å². The van der Waals surface area contributed by atoms with E-state index in [2.05, 4.69) is 4.74 Å². The number of alkyl halides is 3. The van der Waals surface area contributed by atoms with Crippen LogP contribution in [0.2, 0.25) is 5.02 Å². The Morgan fingerprint density at radius 2 is 2.00 bits per heavy atom. The first-order chi connectivity index (χ1) is 10.1. The first kappa shape index (κ1) is 16.9. The number of hydrogen-bond donors (Lipinski definition) is 1. The highest BCUT2D eigenvalue weighted by Crippen LogP contribution is 2.51. The Labute approximate surface area is 129 Å². The topological polar surface area (TPSA) is 38.3 Å². The van der Waals surface area contributed by atoms with E-state index in [1.54, 1.807) is 13.8 Å². The first-order valence-electron chi connectivity index (χ1n) is 6.63. The average Bonchev–Trinajstić information content (AvgIpc) is 2.35. The van der Waals surface area contributed by atoms with Crippen LogP contribution in [-0.2, 0) is 10.3 Å². The summed E-state index contributed by atoms with van der Waals surface area (Å²) in [6.45, 7) is 3.48. The van der Waals surface area contributed by atoms with Gasteiger partial charge in [0, 0.05) is 17.0 Å². The number of hydrogen-bond acceptors (Lipinski definition) is 2. The van der Waals surface area contributed by atoms with Crippen molar-refractivity contribution in [2.75, 3.05) is 5.32 Å². The predicted octanol–water partition coefficient (Wildman–Crippen LogP) is 5.24. The third-order valence-electron chi connectivity index (χ3n) is 3.52. The number of benzene rings is 1. The monoisotopic (exact) mass is 339 g/mol. The van der Waals surface area contributed by atoms with E-state index in [0.29, 0.717) is 0 Å². The van der Waals surface area contributed by atoms with Gasteiger partial charge in [-0.3, -0.25) is 5.32 Å². The molecule has 22 heavy (non-hydrogen) atoms. The van der Waals surface area contributed by atoms with Gasteiger partial charge in [0.15, 0.2) is 0 Å². The molecule has 122 valence electrons. The third-order valence-corrected chi connectivity index (χ3v) is 3.73. The maximum Gasteiger partial charge on any atom is 0.432 e. The van der Waals surface area contributed by atoms with Crippen molar-refractivity contribution in [2.45, 2.75) is 38.5 Å². The number of rotatable bonds is 3. The number of ether oxygens (including phenoxy) is 1. The lowest BCUT2D eigenvalue weighted by atomic mass is 9.84. The molecule has 0 bridgehead atoms. The molecule has 1 aromatic carbocycles. The molecule has 1 aromatic rings. The molecule has 1 heterocycles. The number of cyclic esters (lactones) is 1. The van der Waals surface area contributed by atoms with Crippen molar-refractivity contribution in [1.82, 2.24) is 0 Å². The summed E-state index contributed by atoms with van der Waals surface area (Å²) in [5, 5.41) is 1.78. The fourth-order valence-corrected chi connectivity index (χ4v) is 2.59. The van der Waals surface area contributed by atoms with Gasteiger partial charge >= 0.3 is 12.3 Å². The molecule has 1 atom stereocenters. The van der Waals surface area contributed by atoms with Crippen LogP contribution in [0.5, 0.6) is 0 Å². The smallest absolute Gasteiger partial charge is 0.428 e. The Bertz CT molecular complexity index is 603. The molecule has 0 fully saturated rings. The Balaban J connectivity index is 2.66. The molecule has 0 aromatic heterocycles. The fraction of sp³-hybridized carbons (Fsp3) is 0.500. The van der Waals surface area contributed by atoms with Crippen molar-refractivity contribution < 1.29 is 27.1 Å². The van der Waals surface area contributed by atoms with Crippen LogP contribution >= 0.6 is 11.6 Å². The van der Waals surface area contributed by atoms with E-state index < -0.39 is 41.4 Å². The summed E-state index contributed by atoms with van der Waals surface area (Å²) < 4.78 is 59.6. The lowest BCUT2D eigenvalue weighted by Crippen LogP contribution is -2.50. The lowest BCUT2D eigenvalue weighted by Gasteiger charge is -2.40. The number of carbonyl (C=O) groups is 1. The second-order valence-electron chi connectivity index (χ2n) is 5.58. The third kappa shape index (κ3) is 2.86. The predicted molar refractivity (Wildman–Crippen MR) is 73.3 cm³/mol. The summed E-state index contributed by atoms with van der Waals surface area (Å²) in [5.74, 6) is -1.09. The van der Waals surface area contributed by atoms with Gasteiger partial charge in [0.25, 0.3) is 0 Å². The maximum absolute atomic E-state index is 13.9. The summed E-state index contributed by atoms with van der Waals surface area (Å²) in [6.07, 6.45) is -6.60. The van der Waals surface area contributed by atoms with E-state index >= 15 is 0 Å². The van der Waals surface area contributed by atoms with Gasteiger partial charge in [-0.05, 0) is 24.5 Å². The molecule has 0 spiro atoms. The summed E-state index contributed by atoms with van der Waals surface area (Å²) in [5.41, 5.74) is -3.95. The summed E-state index contributed by atoms with van der Waals surface area (Å²) in [4.78, 5) is 11.5. The first-order valence-corrected chi connectivity index (χ1v) is 7.01. The van der Waals surface area contributed by atoms with Crippen LogP contribution < -0.4 is 5.32 Å². The zero-order valence-corrected chi connectivity index (χ0v) is 12.6. The number of nitrogens with one attached hydrogen (secondary N) is 1. The lowest BCUT2D eigenvalue weighted by molar-refractivity contribution is -0.268. The largest absolute Gasteiger partial charge is 0.432 e. The molecule has 0 aliphatic carbocycles. The molecule has 1 unspecified atom stereocenters. The van der Waals surface area contributed by atoms with Crippen LogP contribution in [-0.4, -0.2) is 12.3 Å². The van der Waals surface area contributed by atoms with Gasteiger partial charge in [0.2, 0.25) is 5.60 Å². The van der Waals surface area contributed by atoms with Crippen molar-refractivity contribution in [2.24, 2.45) is 5.92 Å². The van der Waals surface area contributed by atoms with Crippen molar-refractivity contribution in [1.29, 1.82) is 0 Å². The van der Waals surface area contributed by atoms with Crippen LogP contribution in [0.4, 0.5) is 28.0 Å². The van der Waals surface area contributed by atoms with E-state index in [9.17, 15) is 22.4 Å². The number of carbonyl (C=O) groups excluding carboxylic acids is 1. The molecule has 2 rings (SSSR count). The molecule has 0 saturated heterocycles. The molecule has 1 aliphatic rings. The second-order valence-corrected chi connectivity index (χ2v) is 6.02. The van der Waals surface area contributed by atoms with E-state index in [-0.39, 0.29) is 17.4 Å². The van der Waals surface area contributed by atoms with Gasteiger partial charge in [-0.1, -0.05) is 25.4 Å². The van der Waals surface area contributed by atoms with E-state index in [1.807, 2.05) is 5.32 Å². The number of fused-ring (bicyclic) bond motifs is 1. The average molecular weight is 340 g/mol. The zero-order valence-electron chi connectivity index (χ0n) is 11.9.